The standard InChI is InChI=1S/C13H9BrN6O2S/c14-8-3-1-2-4-9(8)18-11-10(20(21)22)12(17-7-16-11)19-13-15-5-6-23-13/h1-7H,(H2,15,16,17,18,19). The van der Waals surface area contributed by atoms with Gasteiger partial charge in [0, 0.05) is 16.0 Å². The molecule has 1 aromatic carbocycles. The molecule has 0 radical (unpaired) electrons. The topological polar surface area (TPSA) is 106 Å². The molecule has 3 aromatic rings. The molecule has 8 nitrogen and oxygen atoms in total. The van der Waals surface area contributed by atoms with Crippen molar-refractivity contribution in [3.63, 3.8) is 0 Å². The summed E-state index contributed by atoms with van der Waals surface area (Å²) in [5, 5.41) is 19.5. The molecule has 0 aliphatic rings. The van der Waals surface area contributed by atoms with Gasteiger partial charge >= 0.3 is 5.69 Å². The number of hydrogen-bond donors (Lipinski definition) is 2. The van der Waals surface area contributed by atoms with Crippen LogP contribution in [0.2, 0.25) is 0 Å². The number of nitrogens with zero attached hydrogens (tertiary/aromatic N) is 4. The molecule has 0 bridgehead atoms. The number of halogens is 1. The maximum Gasteiger partial charge on any atom is 0.353 e. The molecular formula is C13H9BrN6O2S. The van der Waals surface area contributed by atoms with Crippen molar-refractivity contribution in [3.05, 3.63) is 56.8 Å². The summed E-state index contributed by atoms with van der Waals surface area (Å²) in [6, 6.07) is 7.27. The third-order valence-corrected chi connectivity index (χ3v) is 4.17. The Bertz CT molecular complexity index is 842. The summed E-state index contributed by atoms with van der Waals surface area (Å²) in [6.45, 7) is 0. The van der Waals surface area contributed by atoms with E-state index in [-0.39, 0.29) is 17.3 Å². The Balaban J connectivity index is 2.00. The number of hydrogen-bond acceptors (Lipinski definition) is 8. The molecule has 2 N–H and O–H groups in total. The van der Waals surface area contributed by atoms with Gasteiger partial charge < -0.3 is 10.6 Å². The number of benzene rings is 1. The van der Waals surface area contributed by atoms with Crippen LogP contribution >= 0.6 is 27.3 Å². The van der Waals surface area contributed by atoms with Gasteiger partial charge in [-0.1, -0.05) is 12.1 Å². The van der Waals surface area contributed by atoms with Crippen LogP contribution in [0.25, 0.3) is 0 Å². The van der Waals surface area contributed by atoms with Gasteiger partial charge in [0.1, 0.15) is 6.33 Å². The van der Waals surface area contributed by atoms with Crippen LogP contribution in [-0.2, 0) is 0 Å². The van der Waals surface area contributed by atoms with Crippen molar-refractivity contribution in [2.75, 3.05) is 10.6 Å². The molecule has 0 saturated carbocycles. The molecule has 2 heterocycles. The van der Waals surface area contributed by atoms with Gasteiger partial charge in [-0.3, -0.25) is 10.1 Å². The first-order valence-corrected chi connectivity index (χ1v) is 8.00. The highest BCUT2D eigenvalue weighted by atomic mass is 79.9. The molecule has 0 aliphatic heterocycles. The molecule has 10 heteroatoms. The van der Waals surface area contributed by atoms with Crippen LogP contribution in [0, 0.1) is 10.1 Å². The fourth-order valence-electron chi connectivity index (χ4n) is 1.81. The van der Waals surface area contributed by atoms with Crippen LogP contribution in [0.4, 0.5) is 28.1 Å². The van der Waals surface area contributed by atoms with E-state index in [2.05, 4.69) is 41.5 Å². The van der Waals surface area contributed by atoms with E-state index in [0.29, 0.717) is 10.8 Å². The van der Waals surface area contributed by atoms with Crippen molar-refractivity contribution >= 4 is 55.4 Å². The molecule has 0 unspecified atom stereocenters. The van der Waals surface area contributed by atoms with E-state index in [0.717, 1.165) is 4.47 Å². The van der Waals surface area contributed by atoms with Gasteiger partial charge in [-0.05, 0) is 28.1 Å². The Morgan fingerprint density at radius 2 is 1.87 bits per heavy atom. The van der Waals surface area contributed by atoms with E-state index in [1.165, 1.54) is 17.7 Å². The average molecular weight is 393 g/mol. The molecule has 0 aliphatic carbocycles. The van der Waals surface area contributed by atoms with Crippen molar-refractivity contribution in [2.45, 2.75) is 0 Å². The van der Waals surface area contributed by atoms with Gasteiger partial charge in [-0.25, -0.2) is 15.0 Å². The van der Waals surface area contributed by atoms with Crippen LogP contribution < -0.4 is 10.6 Å². The Kier molecular flexibility index (Phi) is 4.44. The molecule has 0 saturated heterocycles. The summed E-state index contributed by atoms with van der Waals surface area (Å²) < 4.78 is 0.766. The zero-order valence-electron chi connectivity index (χ0n) is 11.4. The van der Waals surface area contributed by atoms with Gasteiger partial charge in [0.25, 0.3) is 0 Å². The highest BCUT2D eigenvalue weighted by molar-refractivity contribution is 9.10. The normalized spacial score (nSPS) is 10.3. The van der Waals surface area contributed by atoms with Crippen LogP contribution in [0.5, 0.6) is 0 Å². The minimum Gasteiger partial charge on any atom is -0.333 e. The molecule has 116 valence electrons. The summed E-state index contributed by atoms with van der Waals surface area (Å²) in [5.41, 5.74) is 0.410. The maximum atomic E-state index is 11.5. The molecule has 0 fully saturated rings. The molecule has 3 rings (SSSR count). The van der Waals surface area contributed by atoms with Gasteiger partial charge in [0.2, 0.25) is 11.6 Å². The average Bonchev–Trinajstić information content (AvgIpc) is 3.02. The smallest absolute Gasteiger partial charge is 0.333 e. The number of anilines is 4. The SMILES string of the molecule is O=[N+]([O-])c1c(Nc2nccs2)ncnc1Nc1ccccc1Br. The predicted octanol–water partition coefficient (Wildman–Crippen LogP) is 4.09. The van der Waals surface area contributed by atoms with Crippen LogP contribution in [0.1, 0.15) is 0 Å². The highest BCUT2D eigenvalue weighted by Gasteiger charge is 2.24. The van der Waals surface area contributed by atoms with E-state index in [1.54, 1.807) is 17.6 Å². The Morgan fingerprint density at radius 1 is 1.13 bits per heavy atom. The lowest BCUT2D eigenvalue weighted by Gasteiger charge is -2.10. The van der Waals surface area contributed by atoms with E-state index < -0.39 is 4.92 Å². The second-order valence-electron chi connectivity index (χ2n) is 4.24. The number of nitrogens with one attached hydrogen (secondary N) is 2. The summed E-state index contributed by atoms with van der Waals surface area (Å²) in [7, 11) is 0. The number of aromatic nitrogens is 3. The third kappa shape index (κ3) is 3.43. The first-order chi connectivity index (χ1) is 11.1. The van der Waals surface area contributed by atoms with E-state index in [1.807, 2.05) is 18.2 Å². The zero-order chi connectivity index (χ0) is 16.2. The first kappa shape index (κ1) is 15.3. The number of rotatable bonds is 5. The largest absolute Gasteiger partial charge is 0.353 e. The predicted molar refractivity (Wildman–Crippen MR) is 91.5 cm³/mol. The minimum absolute atomic E-state index is 0.0782. The van der Waals surface area contributed by atoms with E-state index in [4.69, 9.17) is 0 Å². The van der Waals surface area contributed by atoms with Crippen molar-refractivity contribution in [1.29, 1.82) is 0 Å². The fraction of sp³-hybridized carbons (Fsp3) is 0. The molecule has 0 spiro atoms. The summed E-state index contributed by atoms with van der Waals surface area (Å²) in [6.07, 6.45) is 2.85. The van der Waals surface area contributed by atoms with E-state index >= 15 is 0 Å². The summed E-state index contributed by atoms with van der Waals surface area (Å²) in [5.74, 6) is 0.172. The molecule has 0 atom stereocenters. The molecule has 2 aromatic heterocycles. The van der Waals surface area contributed by atoms with Crippen molar-refractivity contribution in [2.24, 2.45) is 0 Å². The lowest BCUT2D eigenvalue weighted by Crippen LogP contribution is -2.05. The first-order valence-electron chi connectivity index (χ1n) is 6.32. The maximum absolute atomic E-state index is 11.5. The monoisotopic (exact) mass is 392 g/mol. The highest BCUT2D eigenvalue weighted by Crippen LogP contribution is 2.34. The van der Waals surface area contributed by atoms with Gasteiger partial charge in [-0.15, -0.1) is 11.3 Å². The third-order valence-electron chi connectivity index (χ3n) is 2.79. The summed E-state index contributed by atoms with van der Waals surface area (Å²) in [4.78, 5) is 22.9. The van der Waals surface area contributed by atoms with Crippen LogP contribution in [0.3, 0.4) is 0 Å². The molecular weight excluding hydrogens is 384 g/mol. The Labute approximate surface area is 142 Å². The number of thiazole rings is 1. The van der Waals surface area contributed by atoms with Crippen molar-refractivity contribution in [3.8, 4) is 0 Å². The minimum atomic E-state index is -0.533. The summed E-state index contributed by atoms with van der Waals surface area (Å²) >= 11 is 4.70. The molecule has 23 heavy (non-hydrogen) atoms. The van der Waals surface area contributed by atoms with Crippen LogP contribution in [-0.4, -0.2) is 19.9 Å². The second kappa shape index (κ2) is 6.67. The lowest BCUT2D eigenvalue weighted by molar-refractivity contribution is -0.383. The van der Waals surface area contributed by atoms with E-state index in [9.17, 15) is 10.1 Å². The molecule has 0 amide bonds. The fourth-order valence-corrected chi connectivity index (χ4v) is 2.72. The van der Waals surface area contributed by atoms with Crippen molar-refractivity contribution in [1.82, 2.24) is 15.0 Å². The second-order valence-corrected chi connectivity index (χ2v) is 5.99. The van der Waals surface area contributed by atoms with Gasteiger partial charge in [0.15, 0.2) is 5.13 Å². The number of nitro groups is 1. The number of para-hydroxylation sites is 1. The van der Waals surface area contributed by atoms with Crippen LogP contribution in [0.15, 0.2) is 46.6 Å². The van der Waals surface area contributed by atoms with Crippen molar-refractivity contribution < 1.29 is 4.92 Å². The Hall–Kier alpha value is -2.59. The zero-order valence-corrected chi connectivity index (χ0v) is 13.8. The lowest BCUT2D eigenvalue weighted by atomic mass is 10.3. The Morgan fingerprint density at radius 3 is 2.52 bits per heavy atom. The quantitative estimate of drug-likeness (QED) is 0.497. The van der Waals surface area contributed by atoms with Gasteiger partial charge in [-0.2, -0.15) is 0 Å². The van der Waals surface area contributed by atoms with Gasteiger partial charge in [0.05, 0.1) is 10.6 Å².